The van der Waals surface area contributed by atoms with E-state index in [1.165, 1.54) is 0 Å². The number of ether oxygens (including phenoxy) is 2. The zero-order chi connectivity index (χ0) is 18.6. The molecule has 7 heteroatoms. The van der Waals surface area contributed by atoms with Crippen molar-refractivity contribution in [3.8, 4) is 5.75 Å². The maximum Gasteiger partial charge on any atom is 0.240 e. The molecule has 0 amide bonds. The SMILES string of the molecule is COc1ccc(S(=O)(=O)NCC2(c3ccccc3)CCOCC2)cc1Br. The lowest BCUT2D eigenvalue weighted by Gasteiger charge is -2.37. The van der Waals surface area contributed by atoms with Gasteiger partial charge in [0.15, 0.2) is 0 Å². The summed E-state index contributed by atoms with van der Waals surface area (Å²) in [5, 5.41) is 0. The molecule has 0 aromatic heterocycles. The van der Waals surface area contributed by atoms with Crippen molar-refractivity contribution in [2.24, 2.45) is 0 Å². The molecule has 0 unspecified atom stereocenters. The molecule has 0 spiro atoms. The van der Waals surface area contributed by atoms with Crippen LogP contribution in [0, 0.1) is 0 Å². The average molecular weight is 440 g/mol. The lowest BCUT2D eigenvalue weighted by atomic mass is 9.74. The quantitative estimate of drug-likeness (QED) is 0.747. The van der Waals surface area contributed by atoms with E-state index in [2.05, 4.69) is 32.8 Å². The third-order valence-corrected chi connectivity index (χ3v) is 6.89. The molecule has 1 heterocycles. The number of halogens is 1. The van der Waals surface area contributed by atoms with Gasteiger partial charge < -0.3 is 9.47 Å². The van der Waals surface area contributed by atoms with Gasteiger partial charge in [0.2, 0.25) is 10.0 Å². The van der Waals surface area contributed by atoms with Crippen molar-refractivity contribution < 1.29 is 17.9 Å². The van der Waals surface area contributed by atoms with Crippen LogP contribution in [0.5, 0.6) is 5.75 Å². The molecule has 1 aliphatic rings. The smallest absolute Gasteiger partial charge is 0.240 e. The first-order valence-electron chi connectivity index (χ1n) is 8.43. The Labute approximate surface area is 162 Å². The largest absolute Gasteiger partial charge is 0.496 e. The van der Waals surface area contributed by atoms with E-state index < -0.39 is 10.0 Å². The van der Waals surface area contributed by atoms with Gasteiger partial charge in [-0.1, -0.05) is 30.3 Å². The van der Waals surface area contributed by atoms with Gasteiger partial charge in [-0.25, -0.2) is 13.1 Å². The molecule has 26 heavy (non-hydrogen) atoms. The van der Waals surface area contributed by atoms with Gasteiger partial charge in [0.05, 0.1) is 16.5 Å². The number of nitrogens with one attached hydrogen (secondary N) is 1. The van der Waals surface area contributed by atoms with Crippen LogP contribution in [-0.2, 0) is 20.2 Å². The van der Waals surface area contributed by atoms with E-state index in [1.807, 2.05) is 18.2 Å². The molecule has 0 radical (unpaired) electrons. The first kappa shape index (κ1) is 19.4. The molecule has 0 saturated carbocycles. The van der Waals surface area contributed by atoms with Crippen molar-refractivity contribution in [2.45, 2.75) is 23.2 Å². The van der Waals surface area contributed by atoms with E-state index in [-0.39, 0.29) is 10.3 Å². The van der Waals surface area contributed by atoms with E-state index in [9.17, 15) is 8.42 Å². The third kappa shape index (κ3) is 4.11. The summed E-state index contributed by atoms with van der Waals surface area (Å²) in [5.74, 6) is 0.592. The zero-order valence-electron chi connectivity index (χ0n) is 14.6. The average Bonchev–Trinajstić information content (AvgIpc) is 2.68. The third-order valence-electron chi connectivity index (χ3n) is 4.87. The van der Waals surface area contributed by atoms with E-state index in [4.69, 9.17) is 9.47 Å². The van der Waals surface area contributed by atoms with Crippen LogP contribution in [0.1, 0.15) is 18.4 Å². The minimum atomic E-state index is -3.63. The highest BCUT2D eigenvalue weighted by Crippen LogP contribution is 2.35. The molecule has 0 aliphatic carbocycles. The number of hydrogen-bond donors (Lipinski definition) is 1. The molecule has 3 rings (SSSR count). The van der Waals surface area contributed by atoms with Crippen LogP contribution >= 0.6 is 15.9 Å². The van der Waals surface area contributed by atoms with E-state index in [1.54, 1.807) is 25.3 Å². The molecule has 2 aromatic rings. The van der Waals surface area contributed by atoms with Gasteiger partial charge in [-0.2, -0.15) is 0 Å². The zero-order valence-corrected chi connectivity index (χ0v) is 17.0. The second kappa shape index (κ2) is 8.08. The predicted molar refractivity (Wildman–Crippen MR) is 104 cm³/mol. The van der Waals surface area contributed by atoms with Gasteiger partial charge in [0, 0.05) is 25.2 Å². The Balaban J connectivity index is 1.83. The molecule has 1 saturated heterocycles. The van der Waals surface area contributed by atoms with Crippen molar-refractivity contribution in [3.63, 3.8) is 0 Å². The van der Waals surface area contributed by atoms with Crippen molar-refractivity contribution in [1.29, 1.82) is 0 Å². The maximum absolute atomic E-state index is 12.8. The van der Waals surface area contributed by atoms with Crippen molar-refractivity contribution in [2.75, 3.05) is 26.9 Å². The molecule has 2 aromatic carbocycles. The fourth-order valence-corrected chi connectivity index (χ4v) is 5.10. The van der Waals surface area contributed by atoms with Crippen LogP contribution in [0.3, 0.4) is 0 Å². The summed E-state index contributed by atoms with van der Waals surface area (Å²) in [6.45, 7) is 1.60. The molecule has 1 N–H and O–H groups in total. The van der Waals surface area contributed by atoms with Gasteiger partial charge in [-0.3, -0.25) is 0 Å². The Morgan fingerprint density at radius 2 is 1.85 bits per heavy atom. The Kier molecular flexibility index (Phi) is 6.02. The number of hydrogen-bond acceptors (Lipinski definition) is 4. The fourth-order valence-electron chi connectivity index (χ4n) is 3.25. The van der Waals surface area contributed by atoms with E-state index in [0.29, 0.717) is 30.0 Å². The Bertz CT molecular complexity index is 849. The molecule has 0 bridgehead atoms. The summed E-state index contributed by atoms with van der Waals surface area (Å²) in [6.07, 6.45) is 1.57. The van der Waals surface area contributed by atoms with Crippen molar-refractivity contribution in [1.82, 2.24) is 4.72 Å². The predicted octanol–water partition coefficient (Wildman–Crippen LogP) is 3.48. The minimum absolute atomic E-state index is 0.209. The second-order valence-electron chi connectivity index (χ2n) is 6.38. The molecular weight excluding hydrogens is 418 g/mol. The summed E-state index contributed by atoms with van der Waals surface area (Å²) in [7, 11) is -2.09. The van der Waals surface area contributed by atoms with Crippen molar-refractivity contribution >= 4 is 26.0 Å². The van der Waals surface area contributed by atoms with Crippen LogP contribution in [0.15, 0.2) is 57.9 Å². The van der Waals surface area contributed by atoms with Crippen LogP contribution < -0.4 is 9.46 Å². The molecule has 1 fully saturated rings. The van der Waals surface area contributed by atoms with E-state index >= 15 is 0 Å². The van der Waals surface area contributed by atoms with Crippen LogP contribution in [0.2, 0.25) is 0 Å². The first-order valence-corrected chi connectivity index (χ1v) is 10.7. The van der Waals surface area contributed by atoms with Gasteiger partial charge in [-0.15, -0.1) is 0 Å². The Morgan fingerprint density at radius 3 is 2.46 bits per heavy atom. The van der Waals surface area contributed by atoms with Crippen LogP contribution in [-0.4, -0.2) is 35.3 Å². The Hall–Kier alpha value is -1.41. The maximum atomic E-state index is 12.8. The van der Waals surface area contributed by atoms with Gasteiger partial charge >= 0.3 is 0 Å². The van der Waals surface area contributed by atoms with Crippen LogP contribution in [0.25, 0.3) is 0 Å². The Morgan fingerprint density at radius 1 is 1.15 bits per heavy atom. The monoisotopic (exact) mass is 439 g/mol. The van der Waals surface area contributed by atoms with E-state index in [0.717, 1.165) is 18.4 Å². The van der Waals surface area contributed by atoms with Crippen molar-refractivity contribution in [3.05, 3.63) is 58.6 Å². The lowest BCUT2D eigenvalue weighted by Crippen LogP contribution is -2.44. The van der Waals surface area contributed by atoms with Gasteiger partial charge in [-0.05, 0) is 52.5 Å². The number of benzene rings is 2. The summed E-state index contributed by atoms with van der Waals surface area (Å²) in [4.78, 5) is 0.209. The highest BCUT2D eigenvalue weighted by molar-refractivity contribution is 9.10. The number of sulfonamides is 1. The summed E-state index contributed by atoms with van der Waals surface area (Å²) in [6, 6.07) is 14.8. The number of methoxy groups -OCH3 is 1. The molecule has 0 atom stereocenters. The van der Waals surface area contributed by atoms with Gasteiger partial charge in [0.1, 0.15) is 5.75 Å². The van der Waals surface area contributed by atoms with Gasteiger partial charge in [0.25, 0.3) is 0 Å². The second-order valence-corrected chi connectivity index (χ2v) is 9.00. The summed E-state index contributed by atoms with van der Waals surface area (Å²) >= 11 is 3.34. The van der Waals surface area contributed by atoms with Crippen LogP contribution in [0.4, 0.5) is 0 Å². The highest BCUT2D eigenvalue weighted by Gasteiger charge is 2.35. The molecule has 1 aliphatic heterocycles. The molecule has 5 nitrogen and oxygen atoms in total. The highest BCUT2D eigenvalue weighted by atomic mass is 79.9. The summed E-state index contributed by atoms with van der Waals surface area (Å²) in [5.41, 5.74) is 0.887. The normalized spacial score (nSPS) is 17.0. The molecule has 140 valence electrons. The topological polar surface area (TPSA) is 64.6 Å². The lowest BCUT2D eigenvalue weighted by molar-refractivity contribution is 0.0517. The summed E-state index contributed by atoms with van der Waals surface area (Å²) < 4.78 is 39.7. The number of rotatable bonds is 6. The standard InChI is InChI=1S/C19H22BrNO4S/c1-24-18-8-7-16(13-17(18)20)26(22,23)21-14-19(9-11-25-12-10-19)15-5-3-2-4-6-15/h2-8,13,21H,9-12,14H2,1H3. The first-order chi connectivity index (χ1) is 12.5. The molecular formula is C19H22BrNO4S. The minimum Gasteiger partial charge on any atom is -0.496 e. The fraction of sp³-hybridized carbons (Fsp3) is 0.368.